The van der Waals surface area contributed by atoms with Crippen LogP contribution in [0.2, 0.25) is 5.02 Å². The Balaban J connectivity index is 1.89. The number of nitrogens with zero attached hydrogens (tertiary/aromatic N) is 4. The van der Waals surface area contributed by atoms with E-state index in [0.717, 1.165) is 22.3 Å². The van der Waals surface area contributed by atoms with E-state index in [0.29, 0.717) is 27.9 Å². The second kappa shape index (κ2) is 6.21. The van der Waals surface area contributed by atoms with Gasteiger partial charge in [-0.05, 0) is 30.3 Å². The van der Waals surface area contributed by atoms with E-state index in [1.165, 1.54) is 0 Å². The molecule has 4 aromatic rings. The van der Waals surface area contributed by atoms with Crippen molar-refractivity contribution >= 4 is 22.6 Å². The Kier molecular flexibility index (Phi) is 3.86. The minimum atomic E-state index is 0.575. The van der Waals surface area contributed by atoms with Crippen LogP contribution in [0.3, 0.4) is 0 Å². The summed E-state index contributed by atoms with van der Waals surface area (Å²) in [7, 11) is 3.45. The van der Waals surface area contributed by atoms with Gasteiger partial charge < -0.3 is 9.72 Å². The monoisotopic (exact) mass is 363 g/mol. The number of aromatic nitrogens is 4. The number of hydrogen-bond acceptors (Lipinski definition) is 4. The highest BCUT2D eigenvalue weighted by atomic mass is 35.5. The molecule has 0 amide bonds. The summed E-state index contributed by atoms with van der Waals surface area (Å²) in [6.07, 6.45) is 0. The molecule has 0 saturated heterocycles. The largest absolute Gasteiger partial charge is 0.492 e. The lowest BCUT2D eigenvalue weighted by atomic mass is 10.1. The number of nitriles is 1. The fraction of sp³-hybridized carbons (Fsp3) is 0.105. The molecule has 0 radical (unpaired) electrons. The predicted molar refractivity (Wildman–Crippen MR) is 100 cm³/mol. The smallest absolute Gasteiger partial charge is 0.175 e. The molecule has 0 aliphatic heterocycles. The molecule has 7 heteroatoms. The molecule has 0 aliphatic rings. The molecule has 0 unspecified atom stereocenters. The summed E-state index contributed by atoms with van der Waals surface area (Å²) in [5.41, 5.74) is 4.47. The Labute approximate surface area is 154 Å². The van der Waals surface area contributed by atoms with Crippen LogP contribution >= 0.6 is 11.6 Å². The van der Waals surface area contributed by atoms with Gasteiger partial charge in [0.1, 0.15) is 11.4 Å². The zero-order chi connectivity index (χ0) is 18.3. The number of methoxy groups -OCH3 is 1. The van der Waals surface area contributed by atoms with Crippen molar-refractivity contribution in [1.82, 2.24) is 19.7 Å². The van der Waals surface area contributed by atoms with Crippen LogP contribution < -0.4 is 4.74 Å². The molecule has 4 rings (SSSR count). The maximum absolute atomic E-state index is 9.07. The molecule has 2 aromatic heterocycles. The number of aryl methyl sites for hydroxylation is 1. The highest BCUT2D eigenvalue weighted by molar-refractivity contribution is 6.30. The molecule has 0 spiro atoms. The third-order valence-electron chi connectivity index (χ3n) is 4.16. The van der Waals surface area contributed by atoms with E-state index in [2.05, 4.69) is 21.1 Å². The van der Waals surface area contributed by atoms with Crippen LogP contribution in [0.1, 0.15) is 5.56 Å². The van der Waals surface area contributed by atoms with Crippen molar-refractivity contribution in [1.29, 1.82) is 5.26 Å². The number of H-pyrrole nitrogens is 1. The second-order valence-corrected chi connectivity index (χ2v) is 6.23. The van der Waals surface area contributed by atoms with Gasteiger partial charge in [0.25, 0.3) is 0 Å². The van der Waals surface area contributed by atoms with Crippen molar-refractivity contribution in [3.05, 3.63) is 53.1 Å². The van der Waals surface area contributed by atoms with Crippen LogP contribution in [0.5, 0.6) is 5.75 Å². The molecule has 1 N–H and O–H groups in total. The third kappa shape index (κ3) is 2.59. The minimum Gasteiger partial charge on any atom is -0.492 e. The molecule has 2 heterocycles. The van der Waals surface area contributed by atoms with Crippen molar-refractivity contribution < 1.29 is 4.74 Å². The zero-order valence-electron chi connectivity index (χ0n) is 14.1. The number of rotatable bonds is 3. The number of imidazole rings is 1. The van der Waals surface area contributed by atoms with Gasteiger partial charge in [-0.15, -0.1) is 0 Å². The van der Waals surface area contributed by atoms with Crippen molar-refractivity contribution in [2.75, 3.05) is 7.11 Å². The van der Waals surface area contributed by atoms with Crippen LogP contribution in [0.15, 0.2) is 42.5 Å². The summed E-state index contributed by atoms with van der Waals surface area (Å²) in [6, 6.07) is 14.9. The van der Waals surface area contributed by atoms with Crippen LogP contribution in [0.4, 0.5) is 0 Å². The Bertz CT molecular complexity index is 1150. The molecule has 128 valence electrons. The van der Waals surface area contributed by atoms with E-state index in [4.69, 9.17) is 21.6 Å². The molecule has 0 aliphatic carbocycles. The summed E-state index contributed by atoms with van der Waals surface area (Å²) < 4.78 is 7.38. The van der Waals surface area contributed by atoms with E-state index in [1.807, 2.05) is 37.4 Å². The number of halogens is 1. The first-order valence-electron chi connectivity index (χ1n) is 7.88. The van der Waals surface area contributed by atoms with Gasteiger partial charge in [0, 0.05) is 17.6 Å². The number of benzene rings is 2. The number of ether oxygens (including phenoxy) is 1. The topological polar surface area (TPSA) is 79.5 Å². The second-order valence-electron chi connectivity index (χ2n) is 5.79. The maximum atomic E-state index is 9.07. The Hall–Kier alpha value is -3.30. The fourth-order valence-electron chi connectivity index (χ4n) is 2.95. The molecule has 0 bridgehead atoms. The van der Waals surface area contributed by atoms with Gasteiger partial charge in [-0.2, -0.15) is 10.4 Å². The molecule has 0 saturated carbocycles. The Morgan fingerprint density at radius 3 is 2.65 bits per heavy atom. The highest BCUT2D eigenvalue weighted by Gasteiger charge is 2.22. The van der Waals surface area contributed by atoms with Crippen LogP contribution in [0, 0.1) is 11.3 Å². The van der Waals surface area contributed by atoms with Gasteiger partial charge in [-0.25, -0.2) is 4.98 Å². The van der Waals surface area contributed by atoms with E-state index in [1.54, 1.807) is 23.9 Å². The SMILES string of the molecule is COc1c(-c2ccc(Cl)cc2)nn(C)c1-c1nc2ccc(C#N)cc2[nH]1. The van der Waals surface area contributed by atoms with E-state index >= 15 is 0 Å². The number of hydrogen-bond donors (Lipinski definition) is 1. The lowest BCUT2D eigenvalue weighted by molar-refractivity contribution is 0.417. The summed E-state index contributed by atoms with van der Waals surface area (Å²) in [6.45, 7) is 0. The molecular formula is C19H14ClN5O. The standard InChI is InChI=1S/C19H14ClN5O/c1-25-17(19-22-14-8-3-11(10-21)9-15(14)23-19)18(26-2)16(24-25)12-4-6-13(20)7-5-12/h3-9H,1-2H3,(H,22,23). The lowest BCUT2D eigenvalue weighted by Crippen LogP contribution is -1.96. The normalized spacial score (nSPS) is 10.8. The molecule has 2 aromatic carbocycles. The molecule has 6 nitrogen and oxygen atoms in total. The van der Waals surface area contributed by atoms with Crippen molar-refractivity contribution in [3.8, 4) is 34.6 Å². The van der Waals surface area contributed by atoms with Crippen LogP contribution in [0.25, 0.3) is 33.8 Å². The van der Waals surface area contributed by atoms with Gasteiger partial charge in [0.15, 0.2) is 11.6 Å². The quantitative estimate of drug-likeness (QED) is 0.592. The molecule has 26 heavy (non-hydrogen) atoms. The van der Waals surface area contributed by atoms with Crippen molar-refractivity contribution in [3.63, 3.8) is 0 Å². The van der Waals surface area contributed by atoms with E-state index in [-0.39, 0.29) is 0 Å². The summed E-state index contributed by atoms with van der Waals surface area (Å²) in [5.74, 6) is 1.25. The van der Waals surface area contributed by atoms with Gasteiger partial charge in [0.05, 0.1) is 29.8 Å². The van der Waals surface area contributed by atoms with Crippen LogP contribution in [-0.2, 0) is 7.05 Å². The zero-order valence-corrected chi connectivity index (χ0v) is 14.9. The van der Waals surface area contributed by atoms with Gasteiger partial charge in [-0.3, -0.25) is 4.68 Å². The molecular weight excluding hydrogens is 350 g/mol. The van der Waals surface area contributed by atoms with Crippen molar-refractivity contribution in [2.24, 2.45) is 7.05 Å². The van der Waals surface area contributed by atoms with E-state index < -0.39 is 0 Å². The average molecular weight is 364 g/mol. The van der Waals surface area contributed by atoms with Crippen LogP contribution in [-0.4, -0.2) is 26.9 Å². The van der Waals surface area contributed by atoms with Gasteiger partial charge in [-0.1, -0.05) is 23.7 Å². The molecule has 0 fully saturated rings. The minimum absolute atomic E-state index is 0.575. The predicted octanol–water partition coefficient (Wildman–Crippen LogP) is 4.16. The average Bonchev–Trinajstić information content (AvgIpc) is 3.21. The Morgan fingerprint density at radius 1 is 1.19 bits per heavy atom. The van der Waals surface area contributed by atoms with Crippen molar-refractivity contribution in [2.45, 2.75) is 0 Å². The first kappa shape index (κ1) is 16.2. The third-order valence-corrected chi connectivity index (χ3v) is 4.41. The number of aromatic amines is 1. The first-order valence-corrected chi connectivity index (χ1v) is 8.25. The lowest BCUT2D eigenvalue weighted by Gasteiger charge is -2.04. The summed E-state index contributed by atoms with van der Waals surface area (Å²) in [5, 5.41) is 14.3. The van der Waals surface area contributed by atoms with Gasteiger partial charge in [0.2, 0.25) is 0 Å². The van der Waals surface area contributed by atoms with Gasteiger partial charge >= 0.3 is 0 Å². The maximum Gasteiger partial charge on any atom is 0.175 e. The summed E-state index contributed by atoms with van der Waals surface area (Å²) in [4.78, 5) is 7.87. The first-order chi connectivity index (χ1) is 12.6. The Morgan fingerprint density at radius 2 is 1.96 bits per heavy atom. The molecule has 0 atom stereocenters. The fourth-order valence-corrected chi connectivity index (χ4v) is 3.07. The summed E-state index contributed by atoms with van der Waals surface area (Å²) >= 11 is 5.98. The number of nitrogens with one attached hydrogen (secondary N) is 1. The van der Waals surface area contributed by atoms with E-state index in [9.17, 15) is 0 Å². The highest BCUT2D eigenvalue weighted by Crippen LogP contribution is 2.38. The number of fused-ring (bicyclic) bond motifs is 1.